The maximum absolute atomic E-state index is 12.1. The van der Waals surface area contributed by atoms with Crippen LogP contribution in [0.3, 0.4) is 0 Å². The fourth-order valence-electron chi connectivity index (χ4n) is 0.283. The van der Waals surface area contributed by atoms with E-state index in [1.54, 1.807) is 0 Å². The van der Waals surface area contributed by atoms with Gasteiger partial charge in [0.25, 0.3) is 4.59 Å². The van der Waals surface area contributed by atoms with Crippen LogP contribution in [0.1, 0.15) is 12.8 Å². The molecule has 0 aromatic rings. The Morgan fingerprint density at radius 3 is 1.40 bits per heavy atom. The average Bonchev–Trinajstić information content (AvgIpc) is 1.57. The third-order valence-electron chi connectivity index (χ3n) is 0.692. The second-order valence-corrected chi connectivity index (χ2v) is 3.67. The first-order chi connectivity index (χ1) is 4.21. The molecule has 0 spiro atoms. The van der Waals surface area contributed by atoms with Crippen molar-refractivity contribution in [1.29, 1.82) is 0 Å². The molecule has 0 radical (unpaired) electrons. The van der Waals surface area contributed by atoms with E-state index in [1.165, 1.54) is 0 Å². The predicted octanol–water partition coefficient (Wildman–Crippen LogP) is 3.70. The van der Waals surface area contributed by atoms with E-state index in [1.807, 2.05) is 0 Å². The predicted molar refractivity (Wildman–Crippen MR) is 35.6 cm³/mol. The van der Waals surface area contributed by atoms with Crippen LogP contribution in [0.15, 0.2) is 0 Å². The minimum Gasteiger partial charge on any atom is -0.208 e. The van der Waals surface area contributed by atoms with Crippen molar-refractivity contribution >= 4 is 34.8 Å². The number of hydrogen-bond acceptors (Lipinski definition) is 0. The zero-order chi connectivity index (χ0) is 8.41. The van der Waals surface area contributed by atoms with Gasteiger partial charge < -0.3 is 0 Å². The third-order valence-corrected chi connectivity index (χ3v) is 1.26. The summed E-state index contributed by atoms with van der Waals surface area (Å²) < 4.78 is 32.9. The van der Waals surface area contributed by atoms with Gasteiger partial charge in [0.2, 0.25) is 0 Å². The minimum atomic E-state index is -3.43. The van der Waals surface area contributed by atoms with Crippen LogP contribution in [0.5, 0.6) is 0 Å². The summed E-state index contributed by atoms with van der Waals surface area (Å²) in [5.74, 6) is 0. The number of rotatable bonds is 3. The van der Waals surface area contributed by atoms with E-state index < -0.39 is 22.8 Å². The molecule has 6 heteroatoms. The van der Waals surface area contributed by atoms with E-state index in [-0.39, 0.29) is 0 Å². The summed E-state index contributed by atoms with van der Waals surface area (Å²) in [4.78, 5) is 0. The lowest BCUT2D eigenvalue weighted by molar-refractivity contribution is 0.0766. The van der Waals surface area contributed by atoms with Gasteiger partial charge in [0.05, 0.1) is 0 Å². The van der Waals surface area contributed by atoms with Crippen LogP contribution >= 0.6 is 34.8 Å². The molecule has 62 valence electrons. The van der Waals surface area contributed by atoms with Crippen LogP contribution in [0.25, 0.3) is 0 Å². The van der Waals surface area contributed by atoms with Gasteiger partial charge in [-0.15, -0.1) is 0 Å². The van der Waals surface area contributed by atoms with E-state index in [9.17, 15) is 13.2 Å². The summed E-state index contributed by atoms with van der Waals surface area (Å²) >= 11 is 13.9. The van der Waals surface area contributed by atoms with Crippen molar-refractivity contribution in [3.05, 3.63) is 0 Å². The minimum absolute atomic E-state index is 0.688. The van der Waals surface area contributed by atoms with Crippen molar-refractivity contribution in [2.75, 3.05) is 0 Å². The molecule has 0 amide bonds. The Labute approximate surface area is 71.2 Å². The van der Waals surface area contributed by atoms with Gasteiger partial charge in [-0.1, -0.05) is 23.2 Å². The number of halogens is 6. The Morgan fingerprint density at radius 2 is 1.30 bits per heavy atom. The standard InChI is InChI=1S/C4H4Cl3F3/c5-3(6,8)1-2-4(7,9)10/h1-2H2. The second kappa shape index (κ2) is 3.37. The summed E-state index contributed by atoms with van der Waals surface area (Å²) in [6, 6.07) is 0. The Balaban J connectivity index is 3.56. The SMILES string of the molecule is FC(F)(Cl)CCC(F)(Cl)Cl. The maximum Gasteiger partial charge on any atom is 0.321 e. The van der Waals surface area contributed by atoms with Crippen molar-refractivity contribution in [2.24, 2.45) is 0 Å². The lowest BCUT2D eigenvalue weighted by Gasteiger charge is -2.11. The quantitative estimate of drug-likeness (QED) is 0.630. The molecule has 0 atom stereocenters. The van der Waals surface area contributed by atoms with E-state index in [0.717, 1.165) is 0 Å². The molecular weight excluding hydrogens is 211 g/mol. The van der Waals surface area contributed by atoms with E-state index in [2.05, 4.69) is 11.6 Å². The lowest BCUT2D eigenvalue weighted by Crippen LogP contribution is -2.12. The normalized spacial score (nSPS) is 13.8. The molecule has 0 aliphatic heterocycles. The molecule has 0 unspecified atom stereocenters. The Bertz CT molecular complexity index is 89.3. The van der Waals surface area contributed by atoms with Crippen LogP contribution < -0.4 is 0 Å². The van der Waals surface area contributed by atoms with Gasteiger partial charge in [0.15, 0.2) is 0 Å². The smallest absolute Gasteiger partial charge is 0.208 e. The van der Waals surface area contributed by atoms with Gasteiger partial charge in [0.1, 0.15) is 0 Å². The molecule has 0 saturated heterocycles. The van der Waals surface area contributed by atoms with Gasteiger partial charge >= 0.3 is 5.38 Å². The van der Waals surface area contributed by atoms with E-state index in [0.29, 0.717) is 0 Å². The fourth-order valence-corrected chi connectivity index (χ4v) is 0.567. The van der Waals surface area contributed by atoms with Crippen LogP contribution in [0, 0.1) is 0 Å². The van der Waals surface area contributed by atoms with Gasteiger partial charge in [-0.3, -0.25) is 0 Å². The van der Waals surface area contributed by atoms with Gasteiger partial charge in [-0.25, -0.2) is 4.39 Å². The highest BCUT2D eigenvalue weighted by atomic mass is 35.5. The van der Waals surface area contributed by atoms with Crippen molar-refractivity contribution < 1.29 is 13.2 Å². The average molecular weight is 215 g/mol. The first-order valence-corrected chi connectivity index (χ1v) is 3.47. The molecule has 0 heterocycles. The second-order valence-electron chi connectivity index (χ2n) is 1.73. The van der Waals surface area contributed by atoms with Crippen LogP contribution in [-0.4, -0.2) is 9.97 Å². The monoisotopic (exact) mass is 214 g/mol. The molecule has 0 N–H and O–H groups in total. The van der Waals surface area contributed by atoms with Crippen LogP contribution in [-0.2, 0) is 0 Å². The summed E-state index contributed by atoms with van der Waals surface area (Å²) in [5, 5.41) is -3.43. The Hall–Kier alpha value is 0.660. The van der Waals surface area contributed by atoms with Crippen molar-refractivity contribution in [2.45, 2.75) is 22.8 Å². The first-order valence-electron chi connectivity index (χ1n) is 2.34. The van der Waals surface area contributed by atoms with Crippen molar-refractivity contribution in [3.63, 3.8) is 0 Å². The molecule has 0 aromatic heterocycles. The zero-order valence-electron chi connectivity index (χ0n) is 4.68. The molecule has 0 rings (SSSR count). The topological polar surface area (TPSA) is 0 Å². The number of hydrogen-bond donors (Lipinski definition) is 0. The molecule has 0 bridgehead atoms. The molecule has 0 aliphatic carbocycles. The summed E-state index contributed by atoms with van der Waals surface area (Å²) in [7, 11) is 0. The van der Waals surface area contributed by atoms with Crippen molar-refractivity contribution in [1.82, 2.24) is 0 Å². The van der Waals surface area contributed by atoms with Crippen LogP contribution in [0.4, 0.5) is 13.2 Å². The molecule has 0 saturated carbocycles. The Kier molecular flexibility index (Phi) is 3.59. The largest absolute Gasteiger partial charge is 0.321 e. The Morgan fingerprint density at radius 1 is 0.900 bits per heavy atom. The highest BCUT2D eigenvalue weighted by molar-refractivity contribution is 6.47. The zero-order valence-corrected chi connectivity index (χ0v) is 6.95. The van der Waals surface area contributed by atoms with E-state index in [4.69, 9.17) is 23.2 Å². The number of alkyl halides is 6. The molecule has 0 aromatic carbocycles. The van der Waals surface area contributed by atoms with Crippen molar-refractivity contribution in [3.8, 4) is 0 Å². The van der Waals surface area contributed by atoms with Gasteiger partial charge in [-0.05, 0) is 11.6 Å². The van der Waals surface area contributed by atoms with Gasteiger partial charge in [0, 0.05) is 12.8 Å². The van der Waals surface area contributed by atoms with E-state index >= 15 is 0 Å². The lowest BCUT2D eigenvalue weighted by atomic mass is 10.3. The fraction of sp³-hybridized carbons (Fsp3) is 1.00. The summed E-state index contributed by atoms with van der Waals surface area (Å²) in [5.41, 5.74) is 0. The molecular formula is C4H4Cl3F3. The molecule has 0 aliphatic rings. The third kappa shape index (κ3) is 8.66. The summed E-state index contributed by atoms with van der Waals surface area (Å²) in [6.07, 6.45) is -1.56. The molecule has 0 nitrogen and oxygen atoms in total. The molecule has 10 heavy (non-hydrogen) atoms. The maximum atomic E-state index is 12.1. The highest BCUT2D eigenvalue weighted by Gasteiger charge is 2.31. The van der Waals surface area contributed by atoms with Gasteiger partial charge in [-0.2, -0.15) is 8.78 Å². The molecule has 0 fully saturated rings. The highest BCUT2D eigenvalue weighted by Crippen LogP contribution is 2.34. The first kappa shape index (κ1) is 10.7. The summed E-state index contributed by atoms with van der Waals surface area (Å²) in [6.45, 7) is 0. The van der Waals surface area contributed by atoms with Crippen LogP contribution in [0.2, 0.25) is 0 Å².